The number of ether oxygens (including phenoxy) is 3. The van der Waals surface area contributed by atoms with Gasteiger partial charge >= 0.3 is 5.97 Å². The number of carbonyl (C=O) groups is 2. The molecule has 0 unspecified atom stereocenters. The van der Waals surface area contributed by atoms with E-state index in [-0.39, 0.29) is 16.2 Å². The maximum absolute atomic E-state index is 13.1. The number of rotatable bonds is 9. The molecule has 1 aliphatic rings. The van der Waals surface area contributed by atoms with Crippen LogP contribution in [0.25, 0.3) is 0 Å². The van der Waals surface area contributed by atoms with E-state index in [1.807, 2.05) is 6.92 Å². The zero-order chi connectivity index (χ0) is 23.8. The fourth-order valence-corrected chi connectivity index (χ4v) is 5.18. The Hall–Kier alpha value is -2.91. The van der Waals surface area contributed by atoms with Crippen molar-refractivity contribution in [3.63, 3.8) is 0 Å². The molecule has 0 aromatic heterocycles. The van der Waals surface area contributed by atoms with E-state index in [0.29, 0.717) is 31.0 Å². The Kier molecular flexibility index (Phi) is 8.46. The standard InChI is InChI=1S/C24H29NO7S/c1-3-31-19-10-8-18(9-11-19)22(26)17-32-24(27)21-16-20(12-13-23(21)30-2)33(28,29)25-14-6-4-5-7-15-25/h8-13,16H,3-7,14-15,17H2,1-2H3. The van der Waals surface area contributed by atoms with Crippen LogP contribution in [-0.4, -0.2) is 57.9 Å². The van der Waals surface area contributed by atoms with Crippen LogP contribution in [0, 0.1) is 0 Å². The monoisotopic (exact) mass is 475 g/mol. The maximum atomic E-state index is 13.1. The first-order valence-corrected chi connectivity index (χ1v) is 12.4. The van der Waals surface area contributed by atoms with Crippen molar-refractivity contribution >= 4 is 21.8 Å². The number of sulfonamides is 1. The van der Waals surface area contributed by atoms with Crippen LogP contribution in [0.5, 0.6) is 11.5 Å². The van der Waals surface area contributed by atoms with Crippen molar-refractivity contribution in [2.45, 2.75) is 37.5 Å². The molecule has 33 heavy (non-hydrogen) atoms. The fourth-order valence-electron chi connectivity index (χ4n) is 3.63. The molecule has 0 aliphatic carbocycles. The van der Waals surface area contributed by atoms with E-state index in [0.717, 1.165) is 25.7 Å². The van der Waals surface area contributed by atoms with Crippen LogP contribution in [0.2, 0.25) is 0 Å². The van der Waals surface area contributed by atoms with Crippen LogP contribution in [0.3, 0.4) is 0 Å². The van der Waals surface area contributed by atoms with Crippen molar-refractivity contribution in [1.82, 2.24) is 4.31 Å². The second kappa shape index (κ2) is 11.3. The highest BCUT2D eigenvalue weighted by molar-refractivity contribution is 7.89. The number of benzene rings is 2. The van der Waals surface area contributed by atoms with Crippen molar-refractivity contribution in [1.29, 1.82) is 0 Å². The highest BCUT2D eigenvalue weighted by Crippen LogP contribution is 2.27. The lowest BCUT2D eigenvalue weighted by molar-refractivity contribution is 0.0471. The molecule has 0 saturated carbocycles. The molecule has 2 aromatic rings. The average Bonchev–Trinajstić information content (AvgIpc) is 3.13. The summed E-state index contributed by atoms with van der Waals surface area (Å²) in [5.41, 5.74) is 0.323. The minimum absolute atomic E-state index is 0.00464. The molecule has 1 saturated heterocycles. The quantitative estimate of drug-likeness (QED) is 0.403. The Morgan fingerprint density at radius 1 is 0.970 bits per heavy atom. The number of Topliss-reactive ketones (excluding diaryl/α,β-unsaturated/α-hetero) is 1. The van der Waals surface area contributed by atoms with Gasteiger partial charge in [0.25, 0.3) is 0 Å². The number of carbonyl (C=O) groups excluding carboxylic acids is 2. The third-order valence-corrected chi connectivity index (χ3v) is 7.31. The van der Waals surface area contributed by atoms with Gasteiger partial charge in [-0.25, -0.2) is 13.2 Å². The number of ketones is 1. The molecule has 3 rings (SSSR count). The van der Waals surface area contributed by atoms with Gasteiger partial charge in [0, 0.05) is 18.7 Å². The highest BCUT2D eigenvalue weighted by atomic mass is 32.2. The van der Waals surface area contributed by atoms with Crippen LogP contribution in [0.15, 0.2) is 47.4 Å². The molecule has 0 spiro atoms. The summed E-state index contributed by atoms with van der Waals surface area (Å²) < 4.78 is 43.4. The molecule has 2 aromatic carbocycles. The van der Waals surface area contributed by atoms with E-state index in [1.165, 1.54) is 29.6 Å². The summed E-state index contributed by atoms with van der Waals surface area (Å²) in [6.45, 7) is 2.79. The smallest absolute Gasteiger partial charge is 0.342 e. The number of methoxy groups -OCH3 is 1. The van der Waals surface area contributed by atoms with Crippen molar-refractivity contribution < 1.29 is 32.2 Å². The molecule has 8 nitrogen and oxygen atoms in total. The van der Waals surface area contributed by atoms with Gasteiger partial charge in [0.15, 0.2) is 12.4 Å². The first kappa shape index (κ1) is 24.7. The zero-order valence-electron chi connectivity index (χ0n) is 18.9. The van der Waals surface area contributed by atoms with E-state index < -0.39 is 28.4 Å². The first-order chi connectivity index (χ1) is 15.9. The molecule has 0 bridgehead atoms. The molecule has 0 radical (unpaired) electrons. The summed E-state index contributed by atoms with van der Waals surface area (Å²) in [6, 6.07) is 10.6. The summed E-state index contributed by atoms with van der Waals surface area (Å²) in [5.74, 6) is -0.417. The van der Waals surface area contributed by atoms with Crippen LogP contribution in [0.1, 0.15) is 53.3 Å². The van der Waals surface area contributed by atoms with Gasteiger partial charge in [-0.2, -0.15) is 4.31 Å². The Balaban J connectivity index is 1.74. The number of nitrogens with zero attached hydrogens (tertiary/aromatic N) is 1. The summed E-state index contributed by atoms with van der Waals surface area (Å²) in [6.07, 6.45) is 3.60. The second-order valence-electron chi connectivity index (χ2n) is 7.64. The molecule has 1 aliphatic heterocycles. The molecule has 1 heterocycles. The summed E-state index contributed by atoms with van der Waals surface area (Å²) in [5, 5.41) is 0. The fraction of sp³-hybridized carbons (Fsp3) is 0.417. The normalized spacial score (nSPS) is 14.8. The van der Waals surface area contributed by atoms with Crippen LogP contribution in [0.4, 0.5) is 0 Å². The Morgan fingerprint density at radius 3 is 2.24 bits per heavy atom. The summed E-state index contributed by atoms with van der Waals surface area (Å²) >= 11 is 0. The van der Waals surface area contributed by atoms with E-state index in [4.69, 9.17) is 14.2 Å². The predicted molar refractivity (Wildman–Crippen MR) is 122 cm³/mol. The number of esters is 1. The minimum Gasteiger partial charge on any atom is -0.496 e. The van der Waals surface area contributed by atoms with Gasteiger partial charge in [-0.15, -0.1) is 0 Å². The van der Waals surface area contributed by atoms with Gasteiger partial charge < -0.3 is 14.2 Å². The lowest BCUT2D eigenvalue weighted by atomic mass is 10.1. The number of hydrogen-bond donors (Lipinski definition) is 0. The van der Waals surface area contributed by atoms with E-state index in [1.54, 1.807) is 24.3 Å². The van der Waals surface area contributed by atoms with Crippen molar-refractivity contribution in [3.05, 3.63) is 53.6 Å². The molecule has 0 N–H and O–H groups in total. The van der Waals surface area contributed by atoms with Crippen LogP contribution >= 0.6 is 0 Å². The molecular formula is C24H29NO7S. The van der Waals surface area contributed by atoms with Gasteiger partial charge in [-0.05, 0) is 62.2 Å². The van der Waals surface area contributed by atoms with E-state index >= 15 is 0 Å². The van der Waals surface area contributed by atoms with Gasteiger partial charge in [0.2, 0.25) is 10.0 Å². The Labute approximate surface area is 194 Å². The highest BCUT2D eigenvalue weighted by Gasteiger charge is 2.27. The third-order valence-electron chi connectivity index (χ3n) is 5.42. The van der Waals surface area contributed by atoms with Gasteiger partial charge in [0.05, 0.1) is 18.6 Å². The van der Waals surface area contributed by atoms with Gasteiger partial charge in [0.1, 0.15) is 17.1 Å². The van der Waals surface area contributed by atoms with Crippen LogP contribution in [-0.2, 0) is 14.8 Å². The first-order valence-electron chi connectivity index (χ1n) is 11.0. The lowest BCUT2D eigenvalue weighted by Crippen LogP contribution is -2.32. The zero-order valence-corrected chi connectivity index (χ0v) is 19.7. The van der Waals surface area contributed by atoms with Gasteiger partial charge in [-0.3, -0.25) is 4.79 Å². The van der Waals surface area contributed by atoms with Crippen molar-refractivity contribution in [3.8, 4) is 11.5 Å². The average molecular weight is 476 g/mol. The third kappa shape index (κ3) is 6.11. The second-order valence-corrected chi connectivity index (χ2v) is 9.58. The summed E-state index contributed by atoms with van der Waals surface area (Å²) in [7, 11) is -2.38. The SMILES string of the molecule is CCOc1ccc(C(=O)COC(=O)c2cc(S(=O)(=O)N3CCCCCC3)ccc2OC)cc1. The number of hydrogen-bond acceptors (Lipinski definition) is 7. The molecule has 0 amide bonds. The molecular weight excluding hydrogens is 446 g/mol. The lowest BCUT2D eigenvalue weighted by Gasteiger charge is -2.20. The predicted octanol–water partition coefficient (Wildman–Crippen LogP) is 3.70. The Bertz CT molecular complexity index is 1070. The molecule has 178 valence electrons. The largest absolute Gasteiger partial charge is 0.496 e. The summed E-state index contributed by atoms with van der Waals surface area (Å²) in [4.78, 5) is 25.1. The maximum Gasteiger partial charge on any atom is 0.342 e. The minimum atomic E-state index is -3.76. The van der Waals surface area contributed by atoms with E-state index in [9.17, 15) is 18.0 Å². The van der Waals surface area contributed by atoms with Gasteiger partial charge in [-0.1, -0.05) is 12.8 Å². The van der Waals surface area contributed by atoms with Crippen molar-refractivity contribution in [2.24, 2.45) is 0 Å². The molecule has 0 atom stereocenters. The molecule has 1 fully saturated rings. The van der Waals surface area contributed by atoms with Crippen molar-refractivity contribution in [2.75, 3.05) is 33.4 Å². The van der Waals surface area contributed by atoms with E-state index in [2.05, 4.69) is 0 Å². The molecule has 9 heteroatoms. The topological polar surface area (TPSA) is 99.2 Å². The Morgan fingerprint density at radius 2 is 1.64 bits per heavy atom. The van der Waals surface area contributed by atoms with Crippen LogP contribution < -0.4 is 9.47 Å².